The molecule has 7 nitrogen and oxygen atoms in total. The number of amides is 1. The summed E-state index contributed by atoms with van der Waals surface area (Å²) < 4.78 is 51.9. The van der Waals surface area contributed by atoms with E-state index in [1.165, 1.54) is 36.7 Å². The number of H-pyrrole nitrogens is 1. The Balaban J connectivity index is 1.60. The molecule has 0 fully saturated rings. The molecular formula is C23H20F2N4O3S. The Hall–Kier alpha value is -3.66. The van der Waals surface area contributed by atoms with Crippen LogP contribution in [0, 0.1) is 11.6 Å². The minimum atomic E-state index is -3.40. The molecule has 0 radical (unpaired) electrons. The van der Waals surface area contributed by atoms with Crippen LogP contribution >= 0.6 is 0 Å². The predicted molar refractivity (Wildman–Crippen MR) is 119 cm³/mol. The van der Waals surface area contributed by atoms with Crippen LogP contribution in [0.1, 0.15) is 29.8 Å². The van der Waals surface area contributed by atoms with E-state index < -0.39 is 32.6 Å². The van der Waals surface area contributed by atoms with E-state index in [2.05, 4.69) is 20.3 Å². The van der Waals surface area contributed by atoms with Gasteiger partial charge in [0.2, 0.25) is 0 Å². The number of fused-ring (bicyclic) bond motifs is 1. The molecular weight excluding hydrogens is 450 g/mol. The van der Waals surface area contributed by atoms with Gasteiger partial charge in [0.05, 0.1) is 27.6 Å². The van der Waals surface area contributed by atoms with Gasteiger partial charge in [-0.2, -0.15) is 0 Å². The van der Waals surface area contributed by atoms with Crippen molar-refractivity contribution < 1.29 is 22.0 Å². The molecule has 0 saturated heterocycles. The highest BCUT2D eigenvalue weighted by molar-refractivity contribution is 7.92. The number of carbonyl (C=O) groups is 1. The number of aromatic amines is 1. The lowest BCUT2D eigenvalue weighted by atomic mass is 10.1. The number of aromatic nitrogens is 3. The molecule has 1 amide bonds. The number of halogens is 2. The lowest BCUT2D eigenvalue weighted by molar-refractivity contribution is 0.0952. The van der Waals surface area contributed by atoms with Crippen molar-refractivity contribution in [3.63, 3.8) is 0 Å². The smallest absolute Gasteiger partial charge is 0.255 e. The van der Waals surface area contributed by atoms with Gasteiger partial charge in [-0.25, -0.2) is 27.2 Å². The van der Waals surface area contributed by atoms with E-state index in [4.69, 9.17) is 0 Å². The quantitative estimate of drug-likeness (QED) is 0.443. The number of benzene rings is 2. The average molecular weight is 471 g/mol. The zero-order chi connectivity index (χ0) is 23.8. The highest BCUT2D eigenvalue weighted by atomic mass is 32.2. The fourth-order valence-electron chi connectivity index (χ4n) is 3.25. The van der Waals surface area contributed by atoms with Crippen molar-refractivity contribution in [2.24, 2.45) is 0 Å². The van der Waals surface area contributed by atoms with Gasteiger partial charge in [0.25, 0.3) is 5.91 Å². The molecule has 2 N–H and O–H groups in total. The molecule has 4 rings (SSSR count). The Bertz CT molecular complexity index is 1450. The molecule has 0 aliphatic rings. The van der Waals surface area contributed by atoms with E-state index in [1.807, 2.05) is 0 Å². The summed E-state index contributed by atoms with van der Waals surface area (Å²) in [5.74, 6) is -2.53. The summed E-state index contributed by atoms with van der Waals surface area (Å²) in [7, 11) is -3.40. The summed E-state index contributed by atoms with van der Waals surface area (Å²) in [5.41, 5.74) is 1.95. The molecule has 2 aromatic carbocycles. The van der Waals surface area contributed by atoms with Gasteiger partial charge in [0, 0.05) is 23.9 Å². The number of nitrogens with zero attached hydrogens (tertiary/aromatic N) is 2. The summed E-state index contributed by atoms with van der Waals surface area (Å²) in [6.07, 6.45) is 2.94. The number of carbonyl (C=O) groups excluding carboxylic acids is 1. The Labute approximate surface area is 188 Å². The van der Waals surface area contributed by atoms with Crippen molar-refractivity contribution in [1.82, 2.24) is 20.3 Å². The Morgan fingerprint density at radius 1 is 1.12 bits per heavy atom. The van der Waals surface area contributed by atoms with Gasteiger partial charge in [0.1, 0.15) is 5.52 Å². The molecule has 4 aromatic rings. The third kappa shape index (κ3) is 4.34. The third-order valence-corrected chi connectivity index (χ3v) is 7.37. The summed E-state index contributed by atoms with van der Waals surface area (Å²) in [6, 6.07) is 10.0. The van der Waals surface area contributed by atoms with Gasteiger partial charge >= 0.3 is 0 Å². The van der Waals surface area contributed by atoms with Crippen LogP contribution in [0.2, 0.25) is 0 Å². The fraction of sp³-hybridized carbons (Fsp3) is 0.174. The van der Waals surface area contributed by atoms with E-state index in [0.29, 0.717) is 22.4 Å². The van der Waals surface area contributed by atoms with Crippen LogP contribution in [0.3, 0.4) is 0 Å². The van der Waals surface area contributed by atoms with Crippen molar-refractivity contribution in [3.8, 4) is 11.3 Å². The molecule has 0 saturated carbocycles. The number of hydrogen-bond donors (Lipinski definition) is 2. The first-order chi connectivity index (χ1) is 15.7. The largest absolute Gasteiger partial charge is 0.348 e. The van der Waals surface area contributed by atoms with Crippen LogP contribution in [0.15, 0.2) is 59.8 Å². The van der Waals surface area contributed by atoms with Crippen LogP contribution in [-0.2, 0) is 16.4 Å². The van der Waals surface area contributed by atoms with Gasteiger partial charge in [0.15, 0.2) is 27.1 Å². The summed E-state index contributed by atoms with van der Waals surface area (Å²) in [6.45, 7) is 3.03. The second-order valence-electron chi connectivity index (χ2n) is 7.67. The van der Waals surface area contributed by atoms with E-state index in [-0.39, 0.29) is 22.6 Å². The van der Waals surface area contributed by atoms with Crippen LogP contribution < -0.4 is 5.32 Å². The maximum atomic E-state index is 13.8. The Morgan fingerprint density at radius 3 is 2.55 bits per heavy atom. The van der Waals surface area contributed by atoms with Crippen LogP contribution in [-0.4, -0.2) is 34.5 Å². The molecule has 170 valence electrons. The first-order valence-corrected chi connectivity index (χ1v) is 11.6. The average Bonchev–Trinajstić information content (AvgIpc) is 3.23. The maximum absolute atomic E-state index is 13.8. The zero-order valence-corrected chi connectivity index (χ0v) is 18.6. The molecule has 10 heteroatoms. The predicted octanol–water partition coefficient (Wildman–Crippen LogP) is 4.02. The van der Waals surface area contributed by atoms with Gasteiger partial charge < -0.3 is 10.3 Å². The van der Waals surface area contributed by atoms with Gasteiger partial charge in [-0.3, -0.25) is 4.79 Å². The molecule has 0 aliphatic carbocycles. The van der Waals surface area contributed by atoms with E-state index in [1.54, 1.807) is 26.0 Å². The monoisotopic (exact) mass is 470 g/mol. The second kappa shape index (κ2) is 8.70. The molecule has 2 aromatic heterocycles. The fourth-order valence-corrected chi connectivity index (χ4v) is 4.31. The first-order valence-electron chi connectivity index (χ1n) is 10.1. The van der Waals surface area contributed by atoms with Crippen LogP contribution in [0.25, 0.3) is 22.4 Å². The standard InChI is InChI=1S/C23H20F2N4O3S/c1-13(2)33(31,32)16-8-6-14(7-9-16)19-12-27-22-21(29-19)17(11-26-22)23(30)28-10-15-4-3-5-18(24)20(15)25/h3-9,11-13H,10H2,1-2H3,(H,26,27)(H,28,30). The maximum Gasteiger partial charge on any atom is 0.255 e. The van der Waals surface area contributed by atoms with E-state index in [9.17, 15) is 22.0 Å². The summed E-state index contributed by atoms with van der Waals surface area (Å²) in [5, 5.41) is 2.01. The molecule has 0 spiro atoms. The van der Waals surface area contributed by atoms with Gasteiger partial charge in [-0.1, -0.05) is 24.3 Å². The number of nitrogens with one attached hydrogen (secondary N) is 2. The number of rotatable bonds is 6. The van der Waals surface area contributed by atoms with Gasteiger partial charge in [-0.05, 0) is 32.0 Å². The minimum absolute atomic E-state index is 0.0198. The molecule has 33 heavy (non-hydrogen) atoms. The van der Waals surface area contributed by atoms with Gasteiger partial charge in [-0.15, -0.1) is 0 Å². The van der Waals surface area contributed by atoms with Crippen molar-refractivity contribution in [2.45, 2.75) is 30.5 Å². The molecule has 0 unspecified atom stereocenters. The lowest BCUT2D eigenvalue weighted by Crippen LogP contribution is -2.23. The summed E-state index contributed by atoms with van der Waals surface area (Å²) >= 11 is 0. The van der Waals surface area contributed by atoms with E-state index in [0.717, 1.165) is 6.07 Å². The molecule has 0 bridgehead atoms. The normalized spacial score (nSPS) is 11.8. The zero-order valence-electron chi connectivity index (χ0n) is 17.8. The highest BCUT2D eigenvalue weighted by Crippen LogP contribution is 2.24. The summed E-state index contributed by atoms with van der Waals surface area (Å²) in [4.78, 5) is 24.5. The third-order valence-electron chi connectivity index (χ3n) is 5.20. The van der Waals surface area contributed by atoms with Crippen LogP contribution in [0.4, 0.5) is 8.78 Å². The topological polar surface area (TPSA) is 105 Å². The van der Waals surface area contributed by atoms with Crippen molar-refractivity contribution in [2.75, 3.05) is 0 Å². The molecule has 0 aliphatic heterocycles. The number of sulfone groups is 1. The van der Waals surface area contributed by atoms with Crippen molar-refractivity contribution in [1.29, 1.82) is 0 Å². The van der Waals surface area contributed by atoms with Crippen molar-refractivity contribution in [3.05, 3.63) is 77.6 Å². The second-order valence-corrected chi connectivity index (χ2v) is 10.2. The Morgan fingerprint density at radius 2 is 1.85 bits per heavy atom. The highest BCUT2D eigenvalue weighted by Gasteiger charge is 2.20. The first kappa shape index (κ1) is 22.5. The van der Waals surface area contributed by atoms with Crippen LogP contribution in [0.5, 0.6) is 0 Å². The molecule has 2 heterocycles. The van der Waals surface area contributed by atoms with Crippen molar-refractivity contribution >= 4 is 26.9 Å². The van der Waals surface area contributed by atoms with E-state index >= 15 is 0 Å². The number of hydrogen-bond acceptors (Lipinski definition) is 5. The SMILES string of the molecule is CC(C)S(=O)(=O)c1ccc(-c2cnc3[nH]cc(C(=O)NCc4cccc(F)c4F)c3n2)cc1. The lowest BCUT2D eigenvalue weighted by Gasteiger charge is -2.09. The minimum Gasteiger partial charge on any atom is -0.348 e. The Kier molecular flexibility index (Phi) is 5.94. The molecule has 0 atom stereocenters.